The minimum atomic E-state index is -0.126. The van der Waals surface area contributed by atoms with E-state index in [1.54, 1.807) is 11.8 Å². The molecule has 0 aliphatic carbocycles. The highest BCUT2D eigenvalue weighted by molar-refractivity contribution is 7.98. The number of urea groups is 1. The average Bonchev–Trinajstić information content (AvgIpc) is 2.49. The van der Waals surface area contributed by atoms with E-state index in [4.69, 9.17) is 0 Å². The Morgan fingerprint density at radius 1 is 1.20 bits per heavy atom. The topological polar surface area (TPSA) is 44.4 Å². The number of hydrogen-bond donors (Lipinski definition) is 2. The molecule has 1 fully saturated rings. The van der Waals surface area contributed by atoms with Gasteiger partial charge in [0.05, 0.1) is 0 Å². The molecule has 0 bridgehead atoms. The van der Waals surface area contributed by atoms with Crippen molar-refractivity contribution in [2.24, 2.45) is 0 Å². The average molecular weight is 293 g/mol. The van der Waals surface area contributed by atoms with E-state index in [-0.39, 0.29) is 6.03 Å². The molecule has 4 nitrogen and oxygen atoms in total. The molecule has 2 rings (SSSR count). The summed E-state index contributed by atoms with van der Waals surface area (Å²) in [4.78, 5) is 15.4. The van der Waals surface area contributed by atoms with Gasteiger partial charge in [-0.25, -0.2) is 4.79 Å². The summed E-state index contributed by atoms with van der Waals surface area (Å²) in [5, 5.41) is 5.76. The second-order valence-electron chi connectivity index (χ2n) is 5.01. The Labute approximate surface area is 125 Å². The number of thioether (sulfide) groups is 1. The molecule has 0 aromatic heterocycles. The Balaban J connectivity index is 1.66. The van der Waals surface area contributed by atoms with Crippen LogP contribution in [0.1, 0.15) is 19.3 Å². The highest BCUT2D eigenvalue weighted by Crippen LogP contribution is 2.17. The van der Waals surface area contributed by atoms with E-state index in [1.807, 2.05) is 30.5 Å². The maximum Gasteiger partial charge on any atom is 0.319 e. The van der Waals surface area contributed by atoms with Crippen molar-refractivity contribution in [1.82, 2.24) is 10.2 Å². The number of amides is 2. The molecule has 1 heterocycles. The summed E-state index contributed by atoms with van der Waals surface area (Å²) in [6.45, 7) is 3.98. The van der Waals surface area contributed by atoms with Gasteiger partial charge in [0.2, 0.25) is 0 Å². The lowest BCUT2D eigenvalue weighted by Crippen LogP contribution is -2.39. The molecule has 1 saturated heterocycles. The molecule has 110 valence electrons. The van der Waals surface area contributed by atoms with Crippen LogP contribution in [0.15, 0.2) is 29.2 Å². The molecule has 0 spiro atoms. The second-order valence-corrected chi connectivity index (χ2v) is 5.89. The molecule has 0 atom stereocenters. The van der Waals surface area contributed by atoms with Crippen molar-refractivity contribution in [2.45, 2.75) is 24.2 Å². The molecule has 5 heteroatoms. The molecule has 1 aliphatic heterocycles. The predicted octanol–water partition coefficient (Wildman–Crippen LogP) is 3.02. The van der Waals surface area contributed by atoms with Gasteiger partial charge >= 0.3 is 6.03 Å². The van der Waals surface area contributed by atoms with Crippen molar-refractivity contribution in [3.8, 4) is 0 Å². The van der Waals surface area contributed by atoms with E-state index < -0.39 is 0 Å². The maximum absolute atomic E-state index is 11.8. The van der Waals surface area contributed by atoms with Gasteiger partial charge in [-0.2, -0.15) is 0 Å². The van der Waals surface area contributed by atoms with Crippen molar-refractivity contribution in [3.63, 3.8) is 0 Å². The fourth-order valence-electron chi connectivity index (χ4n) is 2.36. The first kappa shape index (κ1) is 15.2. The minimum absolute atomic E-state index is 0.126. The van der Waals surface area contributed by atoms with Crippen molar-refractivity contribution in [2.75, 3.05) is 37.8 Å². The Kier molecular flexibility index (Phi) is 6.21. The van der Waals surface area contributed by atoms with Crippen LogP contribution in [0, 0.1) is 0 Å². The van der Waals surface area contributed by atoms with E-state index >= 15 is 0 Å². The Morgan fingerprint density at radius 3 is 2.55 bits per heavy atom. The number of nitrogens with one attached hydrogen (secondary N) is 2. The van der Waals surface area contributed by atoms with E-state index in [1.165, 1.54) is 37.2 Å². The third-order valence-electron chi connectivity index (χ3n) is 3.51. The van der Waals surface area contributed by atoms with Crippen LogP contribution in [-0.2, 0) is 0 Å². The summed E-state index contributed by atoms with van der Waals surface area (Å²) >= 11 is 1.69. The van der Waals surface area contributed by atoms with Crippen molar-refractivity contribution in [1.29, 1.82) is 0 Å². The van der Waals surface area contributed by atoms with Crippen LogP contribution in [0.25, 0.3) is 0 Å². The van der Waals surface area contributed by atoms with E-state index in [9.17, 15) is 4.79 Å². The van der Waals surface area contributed by atoms with Crippen molar-refractivity contribution < 1.29 is 4.79 Å². The summed E-state index contributed by atoms with van der Waals surface area (Å²) < 4.78 is 0. The molecule has 1 aromatic rings. The van der Waals surface area contributed by atoms with Gasteiger partial charge in [0.25, 0.3) is 0 Å². The van der Waals surface area contributed by atoms with Gasteiger partial charge in [0, 0.05) is 23.7 Å². The first-order valence-electron chi connectivity index (χ1n) is 7.19. The summed E-state index contributed by atoms with van der Waals surface area (Å²) in [5.41, 5.74) is 0.832. The Hall–Kier alpha value is -1.20. The highest BCUT2D eigenvalue weighted by Gasteiger charge is 2.09. The number of piperidine rings is 1. The van der Waals surface area contributed by atoms with Gasteiger partial charge in [-0.15, -0.1) is 11.8 Å². The van der Waals surface area contributed by atoms with E-state index in [0.29, 0.717) is 6.54 Å². The number of benzene rings is 1. The molecule has 0 unspecified atom stereocenters. The van der Waals surface area contributed by atoms with Gasteiger partial charge in [-0.3, -0.25) is 0 Å². The summed E-state index contributed by atoms with van der Waals surface area (Å²) in [7, 11) is 0. The molecule has 1 aliphatic rings. The number of likely N-dealkylation sites (tertiary alicyclic amines) is 1. The van der Waals surface area contributed by atoms with Crippen molar-refractivity contribution >= 4 is 23.5 Å². The van der Waals surface area contributed by atoms with Crippen LogP contribution in [0.3, 0.4) is 0 Å². The number of carbonyl (C=O) groups is 1. The highest BCUT2D eigenvalue weighted by atomic mass is 32.2. The lowest BCUT2D eigenvalue weighted by Gasteiger charge is -2.26. The van der Waals surface area contributed by atoms with E-state index in [2.05, 4.69) is 15.5 Å². The standard InChI is InChI=1S/C15H23N3OS/c1-20-14-7-5-13(6-8-14)17-15(19)16-9-12-18-10-3-2-4-11-18/h5-8H,2-4,9-12H2,1H3,(H2,16,17,19). The van der Waals surface area contributed by atoms with Crippen LogP contribution >= 0.6 is 11.8 Å². The fourth-order valence-corrected chi connectivity index (χ4v) is 2.77. The zero-order valence-corrected chi connectivity index (χ0v) is 12.8. The third-order valence-corrected chi connectivity index (χ3v) is 4.25. The maximum atomic E-state index is 11.8. The van der Waals surface area contributed by atoms with Crippen molar-refractivity contribution in [3.05, 3.63) is 24.3 Å². The van der Waals surface area contributed by atoms with Crippen LogP contribution in [-0.4, -0.2) is 43.4 Å². The fraction of sp³-hybridized carbons (Fsp3) is 0.533. The van der Waals surface area contributed by atoms with E-state index in [0.717, 1.165) is 12.2 Å². The second kappa shape index (κ2) is 8.17. The zero-order valence-electron chi connectivity index (χ0n) is 12.0. The molecule has 2 N–H and O–H groups in total. The Morgan fingerprint density at radius 2 is 1.90 bits per heavy atom. The van der Waals surface area contributed by atoms with Gasteiger partial charge in [0.15, 0.2) is 0 Å². The lowest BCUT2D eigenvalue weighted by atomic mass is 10.1. The van der Waals surface area contributed by atoms with Crippen LogP contribution in [0.4, 0.5) is 10.5 Å². The smallest absolute Gasteiger partial charge is 0.319 e. The molecule has 0 radical (unpaired) electrons. The molecule has 0 saturated carbocycles. The number of hydrogen-bond acceptors (Lipinski definition) is 3. The van der Waals surface area contributed by atoms with Gasteiger partial charge in [-0.1, -0.05) is 6.42 Å². The minimum Gasteiger partial charge on any atom is -0.337 e. The third kappa shape index (κ3) is 5.06. The predicted molar refractivity (Wildman–Crippen MR) is 85.5 cm³/mol. The number of nitrogens with zero attached hydrogens (tertiary/aromatic N) is 1. The largest absolute Gasteiger partial charge is 0.337 e. The molecular weight excluding hydrogens is 270 g/mol. The first-order valence-corrected chi connectivity index (χ1v) is 8.41. The van der Waals surface area contributed by atoms with Crippen LogP contribution < -0.4 is 10.6 Å². The Bertz CT molecular complexity index is 416. The molecule has 2 amide bonds. The quantitative estimate of drug-likeness (QED) is 0.820. The number of rotatable bonds is 5. The van der Waals surface area contributed by atoms with Gasteiger partial charge < -0.3 is 15.5 Å². The van der Waals surface area contributed by atoms with Gasteiger partial charge in [-0.05, 0) is 56.5 Å². The lowest BCUT2D eigenvalue weighted by molar-refractivity contribution is 0.224. The normalized spacial score (nSPS) is 15.8. The monoisotopic (exact) mass is 293 g/mol. The van der Waals surface area contributed by atoms with Gasteiger partial charge in [0.1, 0.15) is 0 Å². The first-order chi connectivity index (χ1) is 9.78. The molecular formula is C15H23N3OS. The molecule has 20 heavy (non-hydrogen) atoms. The summed E-state index contributed by atoms with van der Waals surface area (Å²) in [5.74, 6) is 0. The zero-order chi connectivity index (χ0) is 14.2. The number of carbonyl (C=O) groups excluding carboxylic acids is 1. The van der Waals surface area contributed by atoms with Crippen LogP contribution in [0.5, 0.6) is 0 Å². The number of anilines is 1. The van der Waals surface area contributed by atoms with Crippen LogP contribution in [0.2, 0.25) is 0 Å². The molecule has 1 aromatic carbocycles. The SMILES string of the molecule is CSc1ccc(NC(=O)NCCN2CCCCC2)cc1. The summed E-state index contributed by atoms with van der Waals surface area (Å²) in [6.07, 6.45) is 5.95. The summed E-state index contributed by atoms with van der Waals surface area (Å²) in [6, 6.07) is 7.74.